The van der Waals surface area contributed by atoms with Crippen LogP contribution in [0.5, 0.6) is 0 Å². The van der Waals surface area contributed by atoms with Gasteiger partial charge in [-0.15, -0.1) is 0 Å². The summed E-state index contributed by atoms with van der Waals surface area (Å²) < 4.78 is 31.4. The summed E-state index contributed by atoms with van der Waals surface area (Å²) in [5.74, 6) is -0.459. The van der Waals surface area contributed by atoms with E-state index in [0.717, 1.165) is 9.47 Å². The Morgan fingerprint density at radius 2 is 2.04 bits per heavy atom. The third-order valence-electron chi connectivity index (χ3n) is 3.69. The third kappa shape index (κ3) is 2.84. The maximum absolute atomic E-state index is 12.7. The normalized spacial score (nSPS) is 11.5. The number of hydrogen-bond acceptors (Lipinski definition) is 6. The van der Waals surface area contributed by atoms with Gasteiger partial charge in [0.05, 0.1) is 29.2 Å². The molecule has 1 aromatic carbocycles. The highest BCUT2D eigenvalue weighted by atomic mass is 32.2. The fourth-order valence-corrected chi connectivity index (χ4v) is 3.53. The Kier molecular flexibility index (Phi) is 3.77. The maximum atomic E-state index is 12.7. The van der Waals surface area contributed by atoms with Crippen LogP contribution in [0.3, 0.4) is 0 Å². The zero-order valence-corrected chi connectivity index (χ0v) is 14.1. The Morgan fingerprint density at radius 1 is 1.15 bits per heavy atom. The molecular formula is C17H12N4O4S. The highest BCUT2D eigenvalue weighted by Gasteiger charge is 2.20. The minimum atomic E-state index is -3.91. The minimum Gasteiger partial charge on any atom is -0.464 e. The number of aromatic nitrogens is 3. The van der Waals surface area contributed by atoms with Crippen molar-refractivity contribution in [1.82, 2.24) is 14.2 Å². The van der Waals surface area contributed by atoms with Crippen molar-refractivity contribution in [3.05, 3.63) is 73.0 Å². The molecule has 3 aromatic heterocycles. The highest BCUT2D eigenvalue weighted by Crippen LogP contribution is 2.22. The number of nitrogens with zero attached hydrogens (tertiary/aromatic N) is 3. The van der Waals surface area contributed by atoms with E-state index in [4.69, 9.17) is 4.42 Å². The van der Waals surface area contributed by atoms with Crippen LogP contribution in [-0.4, -0.2) is 28.5 Å². The van der Waals surface area contributed by atoms with Crippen molar-refractivity contribution < 1.29 is 17.6 Å². The van der Waals surface area contributed by atoms with Gasteiger partial charge in [0.25, 0.3) is 15.9 Å². The van der Waals surface area contributed by atoms with Crippen molar-refractivity contribution in [2.24, 2.45) is 0 Å². The molecule has 0 atom stereocenters. The van der Waals surface area contributed by atoms with Gasteiger partial charge >= 0.3 is 0 Å². The summed E-state index contributed by atoms with van der Waals surface area (Å²) >= 11 is 0. The first kappa shape index (κ1) is 16.0. The van der Waals surface area contributed by atoms with Gasteiger partial charge in [-0.05, 0) is 30.3 Å². The molecule has 4 rings (SSSR count). The molecule has 0 fully saturated rings. The van der Waals surface area contributed by atoms with E-state index in [0.29, 0.717) is 5.58 Å². The van der Waals surface area contributed by atoms with Gasteiger partial charge in [0, 0.05) is 17.6 Å². The zero-order chi connectivity index (χ0) is 18.1. The number of pyridine rings is 1. The number of amides is 1. The van der Waals surface area contributed by atoms with E-state index in [1.807, 2.05) is 0 Å². The van der Waals surface area contributed by atoms with Gasteiger partial charge in [-0.2, -0.15) is 17.6 Å². The molecule has 130 valence electrons. The molecule has 1 amide bonds. The lowest BCUT2D eigenvalue weighted by Crippen LogP contribution is -2.14. The van der Waals surface area contributed by atoms with Crippen LogP contribution in [0.1, 0.15) is 10.5 Å². The number of fused-ring (bicyclic) bond motifs is 1. The Hall–Kier alpha value is -3.46. The van der Waals surface area contributed by atoms with E-state index >= 15 is 0 Å². The molecule has 4 aromatic rings. The Morgan fingerprint density at radius 3 is 2.85 bits per heavy atom. The molecule has 0 saturated heterocycles. The molecular weight excluding hydrogens is 356 g/mol. The molecule has 0 bridgehead atoms. The summed E-state index contributed by atoms with van der Waals surface area (Å²) in [6.07, 6.45) is 5.46. The van der Waals surface area contributed by atoms with Gasteiger partial charge in [-0.25, -0.2) is 0 Å². The fraction of sp³-hybridized carbons (Fsp3) is 0. The first-order valence-electron chi connectivity index (χ1n) is 7.54. The van der Waals surface area contributed by atoms with Crippen molar-refractivity contribution in [2.75, 3.05) is 5.32 Å². The second kappa shape index (κ2) is 6.12. The molecule has 0 unspecified atom stereocenters. The first-order valence-corrected chi connectivity index (χ1v) is 8.98. The largest absolute Gasteiger partial charge is 0.464 e. The molecule has 0 aliphatic rings. The molecule has 0 radical (unpaired) electrons. The SMILES string of the molecule is O=C(Nc1cnn(S(=O)(=O)c2ccc3ccoc3c2)c1)c1ccccn1. The second-order valence-corrected chi connectivity index (χ2v) is 7.19. The smallest absolute Gasteiger partial charge is 0.283 e. The highest BCUT2D eigenvalue weighted by molar-refractivity contribution is 7.89. The summed E-state index contributed by atoms with van der Waals surface area (Å²) in [4.78, 5) is 16.1. The van der Waals surface area contributed by atoms with Crippen molar-refractivity contribution in [3.63, 3.8) is 0 Å². The van der Waals surface area contributed by atoms with Crippen molar-refractivity contribution >= 4 is 32.6 Å². The number of carbonyl (C=O) groups is 1. The van der Waals surface area contributed by atoms with Crippen LogP contribution < -0.4 is 5.32 Å². The van der Waals surface area contributed by atoms with Gasteiger partial charge in [-0.3, -0.25) is 9.78 Å². The predicted molar refractivity (Wildman–Crippen MR) is 93.2 cm³/mol. The van der Waals surface area contributed by atoms with Gasteiger partial charge in [-0.1, -0.05) is 6.07 Å². The van der Waals surface area contributed by atoms with Crippen LogP contribution in [0.15, 0.2) is 76.6 Å². The molecule has 0 spiro atoms. The van der Waals surface area contributed by atoms with Gasteiger partial charge in [0.1, 0.15) is 11.3 Å². The lowest BCUT2D eigenvalue weighted by atomic mass is 10.3. The first-order chi connectivity index (χ1) is 12.5. The van der Waals surface area contributed by atoms with Gasteiger partial charge in [0.15, 0.2) is 0 Å². The van der Waals surface area contributed by atoms with Crippen LogP contribution >= 0.6 is 0 Å². The number of furan rings is 1. The number of benzene rings is 1. The van der Waals surface area contributed by atoms with E-state index < -0.39 is 15.9 Å². The van der Waals surface area contributed by atoms with E-state index in [-0.39, 0.29) is 16.3 Å². The number of rotatable bonds is 4. The van der Waals surface area contributed by atoms with Crippen LogP contribution in [-0.2, 0) is 10.0 Å². The Balaban J connectivity index is 1.61. The molecule has 0 aliphatic heterocycles. The van der Waals surface area contributed by atoms with E-state index in [1.54, 1.807) is 30.3 Å². The van der Waals surface area contributed by atoms with Crippen molar-refractivity contribution in [1.29, 1.82) is 0 Å². The molecule has 0 aliphatic carbocycles. The molecule has 8 nitrogen and oxygen atoms in total. The number of hydrogen-bond donors (Lipinski definition) is 1. The maximum Gasteiger partial charge on any atom is 0.283 e. The average molecular weight is 368 g/mol. The summed E-state index contributed by atoms with van der Waals surface area (Å²) in [5, 5.41) is 7.20. The number of anilines is 1. The van der Waals surface area contributed by atoms with Crippen LogP contribution in [0.25, 0.3) is 11.0 Å². The molecule has 3 heterocycles. The monoisotopic (exact) mass is 368 g/mol. The zero-order valence-electron chi connectivity index (χ0n) is 13.2. The van der Waals surface area contributed by atoms with Crippen LogP contribution in [0.4, 0.5) is 5.69 Å². The second-order valence-electron chi connectivity index (χ2n) is 5.40. The Labute approximate surface area is 148 Å². The molecule has 1 N–H and O–H groups in total. The predicted octanol–water partition coefficient (Wildman–Crippen LogP) is 2.51. The standard InChI is InChI=1S/C17H12N4O4S/c22-17(15-3-1-2-7-18-15)20-13-10-19-21(11-13)26(23,24)14-5-4-12-6-8-25-16(12)9-14/h1-11H,(H,20,22). The summed E-state index contributed by atoms with van der Waals surface area (Å²) in [6, 6.07) is 11.2. The minimum absolute atomic E-state index is 0.0330. The lowest BCUT2D eigenvalue weighted by Gasteiger charge is -2.04. The fourth-order valence-electron chi connectivity index (χ4n) is 2.40. The van der Waals surface area contributed by atoms with E-state index in [2.05, 4.69) is 15.4 Å². The Bertz CT molecular complexity index is 1200. The lowest BCUT2D eigenvalue weighted by molar-refractivity contribution is 0.102. The quantitative estimate of drug-likeness (QED) is 0.593. The summed E-state index contributed by atoms with van der Waals surface area (Å²) in [6.45, 7) is 0. The number of carbonyl (C=O) groups excluding carboxylic acids is 1. The molecule has 26 heavy (non-hydrogen) atoms. The van der Waals surface area contributed by atoms with Crippen LogP contribution in [0, 0.1) is 0 Å². The van der Waals surface area contributed by atoms with Crippen molar-refractivity contribution in [2.45, 2.75) is 4.90 Å². The topological polar surface area (TPSA) is 107 Å². The number of nitrogens with one attached hydrogen (secondary N) is 1. The van der Waals surface area contributed by atoms with E-state index in [9.17, 15) is 13.2 Å². The van der Waals surface area contributed by atoms with Gasteiger partial charge in [0.2, 0.25) is 0 Å². The average Bonchev–Trinajstić information content (AvgIpc) is 3.31. The van der Waals surface area contributed by atoms with Crippen molar-refractivity contribution in [3.8, 4) is 0 Å². The van der Waals surface area contributed by atoms with Crippen LogP contribution in [0.2, 0.25) is 0 Å². The molecule has 9 heteroatoms. The summed E-state index contributed by atoms with van der Waals surface area (Å²) in [7, 11) is -3.91. The van der Waals surface area contributed by atoms with Gasteiger partial charge < -0.3 is 9.73 Å². The third-order valence-corrected chi connectivity index (χ3v) is 5.23. The summed E-state index contributed by atoms with van der Waals surface area (Å²) in [5.41, 5.74) is 0.914. The van der Waals surface area contributed by atoms with E-state index in [1.165, 1.54) is 37.0 Å². The molecule has 0 saturated carbocycles.